The Bertz CT molecular complexity index is 1440. The lowest BCUT2D eigenvalue weighted by atomic mass is 9.96. The Hall–Kier alpha value is -4.03. The van der Waals surface area contributed by atoms with E-state index in [1.165, 1.54) is 18.2 Å². The topological polar surface area (TPSA) is 107 Å². The lowest BCUT2D eigenvalue weighted by molar-refractivity contribution is 0.501. The van der Waals surface area contributed by atoms with Crippen molar-refractivity contribution in [3.8, 4) is 28.6 Å². The number of piperidine rings is 1. The highest BCUT2D eigenvalue weighted by Gasteiger charge is 2.27. The second kappa shape index (κ2) is 8.96. The molecular weight excluding hydrogens is 448 g/mol. The number of halogens is 2. The van der Waals surface area contributed by atoms with E-state index >= 15 is 0 Å². The highest BCUT2D eigenvalue weighted by atomic mass is 19.1. The molecule has 0 unspecified atom stereocenters. The van der Waals surface area contributed by atoms with E-state index in [0.29, 0.717) is 41.4 Å². The second-order valence-corrected chi connectivity index (χ2v) is 8.89. The number of nitrogens with zero attached hydrogens (tertiary/aromatic N) is 4. The predicted molar refractivity (Wildman–Crippen MR) is 133 cm³/mol. The fraction of sp³-hybridized carbons (Fsp3) is 0.269. The predicted octanol–water partition coefficient (Wildman–Crippen LogP) is 4.72. The smallest absolute Gasteiger partial charge is 0.152 e. The van der Waals surface area contributed by atoms with Gasteiger partial charge >= 0.3 is 0 Å². The van der Waals surface area contributed by atoms with E-state index in [4.69, 9.17) is 5.73 Å². The molecule has 0 bridgehead atoms. The number of imidazole rings is 1. The van der Waals surface area contributed by atoms with E-state index < -0.39 is 5.82 Å². The average Bonchev–Trinajstić information content (AvgIpc) is 3.27. The number of pyridine rings is 1. The van der Waals surface area contributed by atoms with Crippen molar-refractivity contribution in [1.82, 2.24) is 15.0 Å². The molecule has 9 heteroatoms. The third-order valence-corrected chi connectivity index (χ3v) is 6.40. The molecule has 0 saturated carbocycles. The number of hydrogen-bond acceptors (Lipinski definition) is 6. The maximum absolute atomic E-state index is 14.7. The van der Waals surface area contributed by atoms with Crippen LogP contribution in [0, 0.1) is 29.9 Å². The monoisotopic (exact) mass is 473 g/mol. The Morgan fingerprint density at radius 1 is 1.17 bits per heavy atom. The summed E-state index contributed by atoms with van der Waals surface area (Å²) in [7, 11) is 1.75. The zero-order chi connectivity index (χ0) is 24.7. The average molecular weight is 474 g/mol. The zero-order valence-corrected chi connectivity index (χ0v) is 19.5. The summed E-state index contributed by atoms with van der Waals surface area (Å²) in [6.45, 7) is 3.25. The van der Waals surface area contributed by atoms with Gasteiger partial charge < -0.3 is 20.9 Å². The van der Waals surface area contributed by atoms with Gasteiger partial charge in [0.15, 0.2) is 5.82 Å². The third-order valence-electron chi connectivity index (χ3n) is 6.40. The van der Waals surface area contributed by atoms with Gasteiger partial charge in [0.1, 0.15) is 23.0 Å². The van der Waals surface area contributed by atoms with Crippen molar-refractivity contribution in [2.24, 2.45) is 5.73 Å². The van der Waals surface area contributed by atoms with Crippen LogP contribution in [0.4, 0.5) is 20.3 Å². The molecule has 35 heavy (non-hydrogen) atoms. The molecule has 2 aromatic carbocycles. The lowest BCUT2D eigenvalue weighted by Crippen LogP contribution is -2.40. The molecule has 3 heterocycles. The molecule has 178 valence electrons. The summed E-state index contributed by atoms with van der Waals surface area (Å²) in [6.07, 6.45) is 3.33. The van der Waals surface area contributed by atoms with Crippen molar-refractivity contribution in [1.29, 1.82) is 5.26 Å². The highest BCUT2D eigenvalue weighted by molar-refractivity contribution is 5.96. The van der Waals surface area contributed by atoms with Crippen LogP contribution in [-0.2, 0) is 0 Å². The Labute approximate surface area is 201 Å². The molecule has 0 spiro atoms. The van der Waals surface area contributed by atoms with Crippen LogP contribution in [-0.4, -0.2) is 41.1 Å². The summed E-state index contributed by atoms with van der Waals surface area (Å²) in [5.74, 6) is 0.0426. The number of rotatable bonds is 4. The van der Waals surface area contributed by atoms with Gasteiger partial charge in [0.05, 0.1) is 28.4 Å². The molecule has 1 fully saturated rings. The lowest BCUT2D eigenvalue weighted by Gasteiger charge is -2.35. The largest absolute Gasteiger partial charge is 0.372 e. The number of nitrogens with two attached hydrogens (primary N) is 1. The quantitative estimate of drug-likeness (QED) is 0.396. The van der Waals surface area contributed by atoms with Gasteiger partial charge in [-0.05, 0) is 55.2 Å². The van der Waals surface area contributed by atoms with Gasteiger partial charge in [-0.15, -0.1) is 0 Å². The van der Waals surface area contributed by atoms with Crippen LogP contribution in [0.5, 0.6) is 0 Å². The number of anilines is 2. The number of aromatic nitrogens is 3. The molecule has 0 aliphatic carbocycles. The zero-order valence-electron chi connectivity index (χ0n) is 19.5. The number of fused-ring (bicyclic) bond motifs is 1. The molecule has 1 aliphatic heterocycles. The summed E-state index contributed by atoms with van der Waals surface area (Å²) in [5, 5.41) is 12.4. The van der Waals surface area contributed by atoms with Crippen LogP contribution in [0.3, 0.4) is 0 Å². The Balaban J connectivity index is 1.80. The van der Waals surface area contributed by atoms with Crippen LogP contribution in [0.1, 0.15) is 24.0 Å². The third kappa shape index (κ3) is 4.17. The summed E-state index contributed by atoms with van der Waals surface area (Å²) in [4.78, 5) is 14.6. The SMILES string of the molecule is CNc1ncc(-c2cc(C)cc(F)c2)c(N2CCC(N)CC2)c1-c1nc2c(F)cc(C#N)cc2[nH]1. The highest BCUT2D eigenvalue weighted by Crippen LogP contribution is 2.43. The number of aryl methyl sites for hydroxylation is 1. The molecule has 2 aromatic heterocycles. The number of nitrogens with one attached hydrogen (secondary N) is 2. The van der Waals surface area contributed by atoms with Crippen LogP contribution in [0.2, 0.25) is 0 Å². The van der Waals surface area contributed by atoms with Gasteiger partial charge in [0.25, 0.3) is 0 Å². The van der Waals surface area contributed by atoms with Crippen molar-refractivity contribution in [3.05, 3.63) is 59.3 Å². The molecule has 1 aliphatic rings. The maximum Gasteiger partial charge on any atom is 0.152 e. The van der Waals surface area contributed by atoms with Crippen LogP contribution < -0.4 is 16.0 Å². The van der Waals surface area contributed by atoms with Crippen molar-refractivity contribution >= 4 is 22.5 Å². The van der Waals surface area contributed by atoms with Crippen molar-refractivity contribution < 1.29 is 8.78 Å². The molecule has 4 aromatic rings. The van der Waals surface area contributed by atoms with E-state index in [0.717, 1.165) is 29.7 Å². The summed E-state index contributed by atoms with van der Waals surface area (Å²) in [5.41, 5.74) is 10.6. The molecule has 4 N–H and O–H groups in total. The van der Waals surface area contributed by atoms with E-state index in [2.05, 4.69) is 25.2 Å². The van der Waals surface area contributed by atoms with E-state index in [1.54, 1.807) is 19.3 Å². The molecule has 0 atom stereocenters. The minimum Gasteiger partial charge on any atom is -0.372 e. The molecule has 5 rings (SSSR count). The Morgan fingerprint density at radius 3 is 2.63 bits per heavy atom. The second-order valence-electron chi connectivity index (χ2n) is 8.89. The first kappa shape index (κ1) is 22.7. The van der Waals surface area contributed by atoms with Gasteiger partial charge in [-0.1, -0.05) is 6.07 Å². The molecule has 0 radical (unpaired) electrons. The summed E-state index contributed by atoms with van der Waals surface area (Å²) < 4.78 is 29.2. The molecule has 1 saturated heterocycles. The first-order chi connectivity index (χ1) is 16.9. The van der Waals surface area contributed by atoms with Crippen LogP contribution in [0.15, 0.2) is 36.5 Å². The molecule has 0 amide bonds. The van der Waals surface area contributed by atoms with Crippen molar-refractivity contribution in [2.75, 3.05) is 30.4 Å². The molecular formula is C26H25F2N7. The van der Waals surface area contributed by atoms with Crippen LogP contribution >= 0.6 is 0 Å². The number of hydrogen-bond donors (Lipinski definition) is 3. The minimum absolute atomic E-state index is 0.116. The first-order valence-corrected chi connectivity index (χ1v) is 11.5. The summed E-state index contributed by atoms with van der Waals surface area (Å²) >= 11 is 0. The van der Waals surface area contributed by atoms with Gasteiger partial charge in [-0.25, -0.2) is 18.7 Å². The fourth-order valence-corrected chi connectivity index (χ4v) is 4.73. The normalized spacial score (nSPS) is 14.3. The Morgan fingerprint density at radius 2 is 1.94 bits per heavy atom. The standard InChI is InChI=1S/C26H25F2N7/c1-14-7-16(11-17(27)8-14)19-13-32-25(31-2)22(24(19)35-5-3-18(30)4-6-35)26-33-21-10-15(12-29)9-20(28)23(21)34-26/h7-11,13,18H,3-6,30H2,1-2H3,(H,31,32)(H,33,34). The van der Waals surface area contributed by atoms with Crippen LogP contribution in [0.25, 0.3) is 33.5 Å². The van der Waals surface area contributed by atoms with Crippen molar-refractivity contribution in [3.63, 3.8) is 0 Å². The van der Waals surface area contributed by atoms with Gasteiger partial charge in [0.2, 0.25) is 0 Å². The van der Waals surface area contributed by atoms with Gasteiger partial charge in [0, 0.05) is 37.9 Å². The first-order valence-electron chi connectivity index (χ1n) is 11.5. The van der Waals surface area contributed by atoms with E-state index in [1.807, 2.05) is 19.1 Å². The maximum atomic E-state index is 14.7. The van der Waals surface area contributed by atoms with E-state index in [-0.39, 0.29) is 22.9 Å². The number of aromatic amines is 1. The minimum atomic E-state index is -0.581. The fourth-order valence-electron chi connectivity index (χ4n) is 4.73. The number of H-pyrrole nitrogens is 1. The summed E-state index contributed by atoms with van der Waals surface area (Å²) in [6, 6.07) is 9.71. The Kier molecular flexibility index (Phi) is 5.83. The van der Waals surface area contributed by atoms with Gasteiger partial charge in [-0.3, -0.25) is 0 Å². The van der Waals surface area contributed by atoms with Crippen molar-refractivity contribution in [2.45, 2.75) is 25.8 Å². The number of benzene rings is 2. The van der Waals surface area contributed by atoms with E-state index in [9.17, 15) is 14.0 Å². The number of nitriles is 1. The van der Waals surface area contributed by atoms with Gasteiger partial charge in [-0.2, -0.15) is 5.26 Å². The molecule has 7 nitrogen and oxygen atoms in total.